The van der Waals surface area contributed by atoms with Crippen LogP contribution in [0.1, 0.15) is 0 Å². The zero-order chi connectivity index (χ0) is 24.8. The molecule has 0 saturated carbocycles. The second kappa shape index (κ2) is 7.74. The van der Waals surface area contributed by atoms with Gasteiger partial charge in [-0.2, -0.15) is 70.2 Å². The first-order valence-corrected chi connectivity index (χ1v) is 7.19. The Bertz CT molecular complexity index is 547. The summed E-state index contributed by atoms with van der Waals surface area (Å²) in [6.07, 6.45) is 0. The quantitative estimate of drug-likeness (QED) is 0.419. The molecule has 0 heterocycles. The fourth-order valence-corrected chi connectivity index (χ4v) is 1.91. The normalized spacial score (nSPS) is 16.2. The summed E-state index contributed by atoms with van der Waals surface area (Å²) in [4.78, 5) is 0. The highest BCUT2D eigenvalue weighted by molar-refractivity contribution is 5.16. The smallest absolute Gasteiger partial charge is 0.314 e. The molecular weight excluding hydrogens is 476 g/mol. The summed E-state index contributed by atoms with van der Waals surface area (Å²) in [5.74, 6) is -60.7. The Morgan fingerprint density at radius 3 is 0.700 bits per heavy atom. The molecule has 0 amide bonds. The van der Waals surface area contributed by atoms with E-state index < -0.39 is 60.5 Å². The first kappa shape index (κ1) is 28.8. The van der Waals surface area contributed by atoms with Crippen molar-refractivity contribution in [3.8, 4) is 0 Å². The van der Waals surface area contributed by atoms with Gasteiger partial charge in [0.15, 0.2) is 0 Å². The summed E-state index contributed by atoms with van der Waals surface area (Å²) < 4.78 is 213. The maximum atomic E-state index is 13.4. The summed E-state index contributed by atoms with van der Waals surface area (Å²) >= 11 is 0. The van der Waals surface area contributed by atoms with Gasteiger partial charge in [-0.3, -0.25) is 0 Å². The van der Waals surface area contributed by atoms with Gasteiger partial charge in [-0.05, 0) is 14.1 Å². The maximum Gasteiger partial charge on any atom is 0.384 e. The van der Waals surface area contributed by atoms with Gasteiger partial charge in [0, 0.05) is 0 Å². The van der Waals surface area contributed by atoms with Crippen molar-refractivity contribution in [2.45, 2.75) is 47.4 Å². The highest BCUT2D eigenvalue weighted by Crippen LogP contribution is 2.63. The van der Waals surface area contributed by atoms with Gasteiger partial charge in [-0.25, -0.2) is 0 Å². The monoisotopic (exact) mass is 488 g/mol. The van der Waals surface area contributed by atoms with E-state index in [0.29, 0.717) is 14.1 Å². The number of halogens is 16. The van der Waals surface area contributed by atoms with Crippen LogP contribution in [0, 0.1) is 0 Å². The minimum atomic E-state index is -8.37. The zero-order valence-electron chi connectivity index (χ0n) is 14.5. The minimum absolute atomic E-state index is 0.382. The van der Waals surface area contributed by atoms with E-state index in [4.69, 9.17) is 0 Å². The van der Waals surface area contributed by atoms with Crippen LogP contribution >= 0.6 is 0 Å². The Hall–Kier alpha value is -1.20. The molecule has 0 fully saturated rings. The van der Waals surface area contributed by atoms with Crippen molar-refractivity contribution in [3.63, 3.8) is 0 Å². The summed E-state index contributed by atoms with van der Waals surface area (Å²) in [5.41, 5.74) is 0. The average molecular weight is 488 g/mol. The number of nitrogens with one attached hydrogen (secondary N) is 2. The number of hydrogen-bond donors (Lipinski definition) is 2. The average Bonchev–Trinajstić information content (AvgIpc) is 2.53. The van der Waals surface area contributed by atoms with E-state index in [9.17, 15) is 70.2 Å². The van der Waals surface area contributed by atoms with Gasteiger partial charge < -0.3 is 10.6 Å². The maximum absolute atomic E-state index is 13.4. The molecule has 0 spiro atoms. The highest BCUT2D eigenvalue weighted by atomic mass is 19.4. The molecule has 0 aliphatic rings. The van der Waals surface area contributed by atoms with Gasteiger partial charge >= 0.3 is 47.4 Å². The zero-order valence-corrected chi connectivity index (χ0v) is 14.5. The largest absolute Gasteiger partial charge is 0.384 e. The first-order valence-electron chi connectivity index (χ1n) is 7.19. The van der Waals surface area contributed by atoms with Crippen LogP contribution in [0.25, 0.3) is 0 Å². The molecule has 0 bridgehead atoms. The second-order valence-electron chi connectivity index (χ2n) is 5.92. The lowest BCUT2D eigenvalue weighted by Gasteiger charge is -2.43. The van der Waals surface area contributed by atoms with Crippen LogP contribution in [0.2, 0.25) is 0 Å². The molecule has 0 atom stereocenters. The van der Waals surface area contributed by atoms with Crippen molar-refractivity contribution in [1.29, 1.82) is 0 Å². The van der Waals surface area contributed by atoms with Gasteiger partial charge in [-0.1, -0.05) is 0 Å². The van der Waals surface area contributed by atoms with E-state index in [1.54, 1.807) is 0 Å². The molecule has 2 N–H and O–H groups in total. The van der Waals surface area contributed by atoms with Crippen LogP contribution in [-0.2, 0) is 0 Å². The molecule has 182 valence electrons. The van der Waals surface area contributed by atoms with Crippen molar-refractivity contribution < 1.29 is 70.2 Å². The number of hydrogen-bond acceptors (Lipinski definition) is 2. The van der Waals surface area contributed by atoms with Crippen molar-refractivity contribution in [1.82, 2.24) is 10.6 Å². The molecule has 0 aromatic carbocycles. The van der Waals surface area contributed by atoms with Crippen LogP contribution < -0.4 is 10.6 Å². The van der Waals surface area contributed by atoms with Crippen LogP contribution in [0.15, 0.2) is 0 Å². The van der Waals surface area contributed by atoms with Gasteiger partial charge in [0.2, 0.25) is 0 Å². The summed E-state index contributed by atoms with van der Waals surface area (Å²) in [6.45, 7) is -5.16. The predicted molar refractivity (Wildman–Crippen MR) is 67.4 cm³/mol. The highest BCUT2D eigenvalue weighted by Gasteiger charge is 2.94. The van der Waals surface area contributed by atoms with E-state index in [1.807, 2.05) is 0 Å². The number of rotatable bonds is 11. The first-order chi connectivity index (χ1) is 12.9. The molecule has 0 unspecified atom stereocenters. The lowest BCUT2D eigenvalue weighted by molar-refractivity contribution is -0.452. The SMILES string of the molecule is CNCC(F)(F)C(F)(F)C(F)(F)C(F)(F)C(F)(F)C(F)(F)C(F)(F)C(F)(F)CNC. The van der Waals surface area contributed by atoms with E-state index in [-0.39, 0.29) is 0 Å². The fraction of sp³-hybridized carbons (Fsp3) is 1.00. The molecular formula is C12H12F16N2. The van der Waals surface area contributed by atoms with Crippen LogP contribution in [0.5, 0.6) is 0 Å². The van der Waals surface area contributed by atoms with E-state index >= 15 is 0 Å². The van der Waals surface area contributed by atoms with Crippen molar-refractivity contribution in [3.05, 3.63) is 0 Å². The molecule has 0 radical (unpaired) electrons. The van der Waals surface area contributed by atoms with E-state index in [1.165, 1.54) is 0 Å². The van der Waals surface area contributed by atoms with Gasteiger partial charge in [0.1, 0.15) is 0 Å². The molecule has 0 aliphatic heterocycles. The van der Waals surface area contributed by atoms with Crippen LogP contribution in [0.4, 0.5) is 70.2 Å². The van der Waals surface area contributed by atoms with Crippen molar-refractivity contribution >= 4 is 0 Å². The molecule has 0 saturated heterocycles. The van der Waals surface area contributed by atoms with Gasteiger partial charge in [0.25, 0.3) is 0 Å². The van der Waals surface area contributed by atoms with E-state index in [0.717, 1.165) is 10.6 Å². The third-order valence-electron chi connectivity index (χ3n) is 3.69. The van der Waals surface area contributed by atoms with Crippen LogP contribution in [-0.4, -0.2) is 74.6 Å². The van der Waals surface area contributed by atoms with Crippen LogP contribution in [0.3, 0.4) is 0 Å². The molecule has 30 heavy (non-hydrogen) atoms. The van der Waals surface area contributed by atoms with Gasteiger partial charge in [0.05, 0.1) is 13.1 Å². The van der Waals surface area contributed by atoms with Crippen molar-refractivity contribution in [2.24, 2.45) is 0 Å². The Balaban J connectivity index is 6.67. The van der Waals surface area contributed by atoms with Crippen molar-refractivity contribution in [2.75, 3.05) is 27.2 Å². The molecule has 18 heteroatoms. The van der Waals surface area contributed by atoms with E-state index in [2.05, 4.69) is 0 Å². The number of alkyl halides is 16. The summed E-state index contributed by atoms with van der Waals surface area (Å²) in [7, 11) is 0.765. The lowest BCUT2D eigenvalue weighted by atomic mass is 9.87. The Kier molecular flexibility index (Phi) is 7.43. The summed E-state index contributed by atoms with van der Waals surface area (Å²) in [6, 6.07) is 0. The topological polar surface area (TPSA) is 24.1 Å². The molecule has 0 rings (SSSR count). The molecule has 0 aliphatic carbocycles. The Morgan fingerprint density at radius 1 is 0.367 bits per heavy atom. The lowest BCUT2D eigenvalue weighted by Crippen LogP contribution is -2.75. The van der Waals surface area contributed by atoms with Gasteiger partial charge in [-0.15, -0.1) is 0 Å². The standard InChI is InChI=1S/C12H12F16N2/c1-29-3-5(13,14)7(17,18)9(21,22)11(25,26)12(27,28)10(23,24)8(19,20)6(15,16)4-30-2/h29-30H,3-4H2,1-2H3. The third-order valence-corrected chi connectivity index (χ3v) is 3.69. The molecule has 0 aromatic heterocycles. The Morgan fingerprint density at radius 2 is 0.533 bits per heavy atom. The third kappa shape index (κ3) is 3.66. The molecule has 2 nitrogen and oxygen atoms in total. The summed E-state index contributed by atoms with van der Waals surface area (Å²) in [5, 5.41) is 2.19. The molecule has 0 aromatic rings. The predicted octanol–water partition coefficient (Wildman–Crippen LogP) is 4.51. The minimum Gasteiger partial charge on any atom is -0.314 e. The fourth-order valence-electron chi connectivity index (χ4n) is 1.91. The second-order valence-corrected chi connectivity index (χ2v) is 5.92. The Labute approximate surface area is 157 Å².